The fraction of sp³-hybridized carbons (Fsp3) is 0.368. The number of ether oxygens (including phenoxy) is 2. The number of fused-ring (bicyclic) bond motifs is 1. The number of anilines is 1. The van der Waals surface area contributed by atoms with E-state index in [1.807, 2.05) is 0 Å². The van der Waals surface area contributed by atoms with E-state index in [2.05, 4.69) is 20.3 Å². The van der Waals surface area contributed by atoms with Gasteiger partial charge in [-0.25, -0.2) is 27.5 Å². The molecule has 164 valence electrons. The number of hydrogen-bond donors (Lipinski definition) is 2. The lowest BCUT2D eigenvalue weighted by molar-refractivity contribution is 0.0528. The molecule has 0 spiro atoms. The summed E-state index contributed by atoms with van der Waals surface area (Å²) in [5.41, 5.74) is 3.84. The topological polar surface area (TPSA) is 112 Å². The fourth-order valence-corrected chi connectivity index (χ4v) is 3.72. The van der Waals surface area contributed by atoms with Crippen LogP contribution < -0.4 is 11.1 Å². The highest BCUT2D eigenvalue weighted by molar-refractivity contribution is 6.02. The number of nitrogens with two attached hydrogens (primary N) is 1. The van der Waals surface area contributed by atoms with Gasteiger partial charge in [-0.05, 0) is 18.2 Å². The van der Waals surface area contributed by atoms with Crippen molar-refractivity contribution in [2.24, 2.45) is 16.6 Å². The number of nitrogens with zero attached hydrogens (tertiary/aromatic N) is 3. The van der Waals surface area contributed by atoms with E-state index in [1.54, 1.807) is 0 Å². The number of amidine groups is 1. The third kappa shape index (κ3) is 3.78. The highest BCUT2D eigenvalue weighted by Gasteiger charge is 2.55. The number of carbonyl (C=O) groups excluding carboxylic acids is 1. The highest BCUT2D eigenvalue weighted by Crippen LogP contribution is 2.46. The zero-order valence-corrected chi connectivity index (χ0v) is 15.9. The van der Waals surface area contributed by atoms with Crippen LogP contribution in [0.15, 0.2) is 35.6 Å². The van der Waals surface area contributed by atoms with Crippen molar-refractivity contribution in [3.05, 3.63) is 53.4 Å². The second kappa shape index (κ2) is 8.10. The van der Waals surface area contributed by atoms with Crippen LogP contribution in [0.2, 0.25) is 0 Å². The van der Waals surface area contributed by atoms with E-state index in [9.17, 15) is 22.4 Å². The summed E-state index contributed by atoms with van der Waals surface area (Å²) < 4.78 is 64.1. The molecule has 1 aromatic heterocycles. The second-order valence-corrected chi connectivity index (χ2v) is 7.07. The Hall–Kier alpha value is -3.28. The maximum atomic E-state index is 14.8. The molecule has 0 unspecified atom stereocenters. The summed E-state index contributed by atoms with van der Waals surface area (Å²) >= 11 is 0. The van der Waals surface area contributed by atoms with E-state index in [-0.39, 0.29) is 36.2 Å². The smallest absolute Gasteiger partial charge is 0.282 e. The number of halogens is 4. The van der Waals surface area contributed by atoms with Gasteiger partial charge in [0.1, 0.15) is 29.4 Å². The van der Waals surface area contributed by atoms with Gasteiger partial charge in [0.25, 0.3) is 18.4 Å². The van der Waals surface area contributed by atoms with Crippen LogP contribution in [0.4, 0.5) is 23.2 Å². The molecular formula is C19H17F4N5O3. The van der Waals surface area contributed by atoms with Gasteiger partial charge in [-0.1, -0.05) is 0 Å². The molecule has 1 fully saturated rings. The van der Waals surface area contributed by atoms with Gasteiger partial charge < -0.3 is 20.5 Å². The van der Waals surface area contributed by atoms with E-state index < -0.39 is 48.1 Å². The largest absolute Gasteiger partial charge is 0.465 e. The molecule has 0 saturated carbocycles. The van der Waals surface area contributed by atoms with Crippen LogP contribution in [0, 0.1) is 11.7 Å². The minimum atomic E-state index is -2.81. The minimum Gasteiger partial charge on any atom is -0.465 e. The summed E-state index contributed by atoms with van der Waals surface area (Å²) in [5, 5.41) is 2.51. The Kier molecular flexibility index (Phi) is 5.48. The molecule has 2 aliphatic rings. The second-order valence-electron chi connectivity index (χ2n) is 7.07. The van der Waals surface area contributed by atoms with Crippen LogP contribution in [0.25, 0.3) is 0 Å². The number of hydrogen-bond acceptors (Lipinski definition) is 7. The molecule has 0 radical (unpaired) electrons. The Balaban J connectivity index is 1.64. The average Bonchev–Trinajstić information content (AvgIpc) is 3.13. The molecule has 1 saturated heterocycles. The first kappa shape index (κ1) is 21.0. The lowest BCUT2D eigenvalue weighted by Gasteiger charge is -2.35. The summed E-state index contributed by atoms with van der Waals surface area (Å²) in [5.74, 6) is -2.01. The van der Waals surface area contributed by atoms with Crippen molar-refractivity contribution in [2.45, 2.75) is 18.1 Å². The van der Waals surface area contributed by atoms with Crippen molar-refractivity contribution < 1.29 is 31.8 Å². The summed E-state index contributed by atoms with van der Waals surface area (Å²) in [6, 6.07) is 3.58. The molecule has 1 aromatic carbocycles. The van der Waals surface area contributed by atoms with Crippen molar-refractivity contribution in [3.63, 3.8) is 0 Å². The third-order valence-corrected chi connectivity index (χ3v) is 5.27. The zero-order valence-electron chi connectivity index (χ0n) is 15.9. The summed E-state index contributed by atoms with van der Waals surface area (Å²) in [4.78, 5) is 23.8. The molecular weight excluding hydrogens is 422 g/mol. The van der Waals surface area contributed by atoms with Gasteiger partial charge >= 0.3 is 0 Å². The molecule has 3 atom stereocenters. The number of nitrogens with one attached hydrogen (secondary N) is 1. The Morgan fingerprint density at radius 3 is 2.81 bits per heavy atom. The van der Waals surface area contributed by atoms with E-state index in [0.29, 0.717) is 0 Å². The van der Waals surface area contributed by atoms with E-state index in [0.717, 1.165) is 18.5 Å². The lowest BCUT2D eigenvalue weighted by atomic mass is 9.78. The molecule has 4 rings (SSSR count). The number of carbonyl (C=O) groups is 1. The average molecular weight is 439 g/mol. The summed E-state index contributed by atoms with van der Waals surface area (Å²) in [7, 11) is 0. The van der Waals surface area contributed by atoms with Crippen LogP contribution in [-0.4, -0.2) is 47.9 Å². The minimum absolute atomic E-state index is 0.00791. The molecule has 31 heavy (non-hydrogen) atoms. The highest BCUT2D eigenvalue weighted by atomic mass is 19.3. The first-order valence-electron chi connectivity index (χ1n) is 9.21. The number of alkyl halides is 3. The van der Waals surface area contributed by atoms with Crippen molar-refractivity contribution in [1.29, 1.82) is 0 Å². The monoisotopic (exact) mass is 439 g/mol. The number of amides is 1. The molecule has 2 aliphatic heterocycles. The van der Waals surface area contributed by atoms with Crippen molar-refractivity contribution in [1.82, 2.24) is 9.97 Å². The zero-order chi connectivity index (χ0) is 22.2. The van der Waals surface area contributed by atoms with Gasteiger partial charge in [0.2, 0.25) is 0 Å². The van der Waals surface area contributed by atoms with Gasteiger partial charge in [-0.2, -0.15) is 0 Å². The number of aromatic nitrogens is 2. The fourth-order valence-electron chi connectivity index (χ4n) is 3.72. The molecule has 12 heteroatoms. The Bertz CT molecular complexity index is 1020. The standard InChI is InChI=1S/C19H17F4N5O3/c20-4-15-11-7-30-18(24)28-19(11,8-31-15)10-3-9(1-2-12(10)21)27-17(29)14-6-25-13(5-26-14)16(22)23/h1-3,5-6,11,15-16H,4,7-8H2,(H2,24,28)(H,27,29)/t11-,15-,19-/m1/s1. The molecule has 0 bridgehead atoms. The molecule has 3 heterocycles. The van der Waals surface area contributed by atoms with Crippen LogP contribution >= 0.6 is 0 Å². The predicted molar refractivity (Wildman–Crippen MR) is 99.8 cm³/mol. The maximum Gasteiger partial charge on any atom is 0.282 e. The quantitative estimate of drug-likeness (QED) is 0.692. The first-order valence-corrected chi connectivity index (χ1v) is 9.21. The van der Waals surface area contributed by atoms with E-state index in [4.69, 9.17) is 15.2 Å². The van der Waals surface area contributed by atoms with Crippen molar-refractivity contribution in [2.75, 3.05) is 25.2 Å². The van der Waals surface area contributed by atoms with Crippen LogP contribution in [0.3, 0.4) is 0 Å². The Morgan fingerprint density at radius 2 is 2.13 bits per heavy atom. The molecule has 2 aromatic rings. The van der Waals surface area contributed by atoms with E-state index in [1.165, 1.54) is 12.1 Å². The van der Waals surface area contributed by atoms with Crippen LogP contribution in [0.1, 0.15) is 28.2 Å². The summed E-state index contributed by atoms with van der Waals surface area (Å²) in [6.07, 6.45) is -1.95. The number of benzene rings is 1. The van der Waals surface area contributed by atoms with Gasteiger partial charge in [-0.15, -0.1) is 0 Å². The first-order chi connectivity index (χ1) is 14.8. The number of aliphatic imine (C=N–C) groups is 1. The van der Waals surface area contributed by atoms with Crippen LogP contribution in [0.5, 0.6) is 0 Å². The molecule has 1 amide bonds. The lowest BCUT2D eigenvalue weighted by Crippen LogP contribution is -2.45. The maximum absolute atomic E-state index is 14.8. The van der Waals surface area contributed by atoms with Gasteiger partial charge in [-0.3, -0.25) is 9.78 Å². The molecule has 3 N–H and O–H groups in total. The Labute approximate surface area is 173 Å². The van der Waals surface area contributed by atoms with Gasteiger partial charge in [0.05, 0.1) is 37.6 Å². The molecule has 8 nitrogen and oxygen atoms in total. The predicted octanol–water partition coefficient (Wildman–Crippen LogP) is 2.33. The Morgan fingerprint density at radius 1 is 1.32 bits per heavy atom. The van der Waals surface area contributed by atoms with Crippen molar-refractivity contribution in [3.8, 4) is 0 Å². The molecule has 0 aliphatic carbocycles. The van der Waals surface area contributed by atoms with Crippen molar-refractivity contribution >= 4 is 17.6 Å². The van der Waals surface area contributed by atoms with Crippen LogP contribution in [-0.2, 0) is 15.0 Å². The van der Waals surface area contributed by atoms with Gasteiger partial charge in [0.15, 0.2) is 0 Å². The number of rotatable bonds is 5. The van der Waals surface area contributed by atoms with E-state index >= 15 is 0 Å². The van der Waals surface area contributed by atoms with Gasteiger partial charge in [0, 0.05) is 11.3 Å². The SMILES string of the molecule is NC1=N[C@@]2(c3cc(NC(=O)c4cnc(C(F)F)cn4)ccc3F)CO[C@H](CF)[C@H]2CO1. The normalized spacial score (nSPS) is 25.0. The summed E-state index contributed by atoms with van der Waals surface area (Å²) in [6.45, 7) is -0.937. The third-order valence-electron chi connectivity index (χ3n) is 5.27.